The minimum atomic E-state index is 0.0817. The number of aryl methyl sites for hydroxylation is 2. The van der Waals surface area contributed by atoms with Crippen LogP contribution in [-0.2, 0) is 6.54 Å². The topological polar surface area (TPSA) is 46.9 Å². The van der Waals surface area contributed by atoms with Gasteiger partial charge in [-0.15, -0.1) is 11.3 Å². The lowest BCUT2D eigenvalue weighted by molar-refractivity contribution is 0.519. The van der Waals surface area contributed by atoms with Gasteiger partial charge in [-0.2, -0.15) is 0 Å². The molecule has 104 valence electrons. The predicted octanol–water partition coefficient (Wildman–Crippen LogP) is 2.32. The average molecular weight is 279 g/mol. The number of aromatic nitrogens is 2. The van der Waals surface area contributed by atoms with Crippen LogP contribution in [0, 0.1) is 19.8 Å². The van der Waals surface area contributed by atoms with Crippen molar-refractivity contribution < 1.29 is 0 Å². The highest BCUT2D eigenvalue weighted by Gasteiger charge is 2.11. The van der Waals surface area contributed by atoms with Gasteiger partial charge in [0.05, 0.1) is 11.7 Å². The van der Waals surface area contributed by atoms with Crippen LogP contribution < -0.4 is 10.9 Å². The minimum absolute atomic E-state index is 0.0817. The second-order valence-electron chi connectivity index (χ2n) is 5.30. The summed E-state index contributed by atoms with van der Waals surface area (Å²) >= 11 is 1.59. The van der Waals surface area contributed by atoms with Crippen molar-refractivity contribution in [2.45, 2.75) is 34.2 Å². The Bertz CT molecular complexity index is 627. The summed E-state index contributed by atoms with van der Waals surface area (Å²) in [4.78, 5) is 18.8. The van der Waals surface area contributed by atoms with Gasteiger partial charge < -0.3 is 5.32 Å². The molecule has 0 radical (unpaired) electrons. The molecular formula is C14H21N3OS. The second-order valence-corrected chi connectivity index (χ2v) is 6.51. The SMILES string of the molecule is Cc1sc2ncn(CCNCC(C)C)c(=O)c2c1C. The van der Waals surface area contributed by atoms with E-state index in [0.29, 0.717) is 12.5 Å². The van der Waals surface area contributed by atoms with E-state index in [0.717, 1.165) is 28.9 Å². The lowest BCUT2D eigenvalue weighted by Gasteiger charge is -2.08. The van der Waals surface area contributed by atoms with E-state index in [-0.39, 0.29) is 5.56 Å². The summed E-state index contributed by atoms with van der Waals surface area (Å²) in [5.41, 5.74) is 1.15. The fourth-order valence-electron chi connectivity index (χ4n) is 2.02. The van der Waals surface area contributed by atoms with Gasteiger partial charge in [0, 0.05) is 18.0 Å². The van der Waals surface area contributed by atoms with Crippen molar-refractivity contribution in [2.24, 2.45) is 5.92 Å². The van der Waals surface area contributed by atoms with Gasteiger partial charge in [0.2, 0.25) is 0 Å². The molecule has 0 aliphatic heterocycles. The van der Waals surface area contributed by atoms with E-state index in [4.69, 9.17) is 0 Å². The van der Waals surface area contributed by atoms with E-state index < -0.39 is 0 Å². The molecule has 0 aliphatic carbocycles. The van der Waals surface area contributed by atoms with Crippen LogP contribution in [0.4, 0.5) is 0 Å². The summed E-state index contributed by atoms with van der Waals surface area (Å²) in [5, 5.41) is 4.13. The molecule has 2 heterocycles. The van der Waals surface area contributed by atoms with Gasteiger partial charge in [0.1, 0.15) is 4.83 Å². The van der Waals surface area contributed by atoms with Crippen molar-refractivity contribution in [3.63, 3.8) is 0 Å². The molecule has 0 spiro atoms. The monoisotopic (exact) mass is 279 g/mol. The summed E-state index contributed by atoms with van der Waals surface area (Å²) in [6, 6.07) is 0. The van der Waals surface area contributed by atoms with Gasteiger partial charge in [-0.25, -0.2) is 4.98 Å². The van der Waals surface area contributed by atoms with Crippen molar-refractivity contribution in [3.05, 3.63) is 27.1 Å². The molecular weight excluding hydrogens is 258 g/mol. The van der Waals surface area contributed by atoms with E-state index in [1.807, 2.05) is 13.8 Å². The molecule has 0 amide bonds. The Labute approximate surface area is 117 Å². The molecule has 0 fully saturated rings. The van der Waals surface area contributed by atoms with Gasteiger partial charge >= 0.3 is 0 Å². The molecule has 0 bridgehead atoms. The van der Waals surface area contributed by atoms with Gasteiger partial charge in [-0.3, -0.25) is 9.36 Å². The molecule has 0 unspecified atom stereocenters. The number of nitrogens with one attached hydrogen (secondary N) is 1. The number of fused-ring (bicyclic) bond motifs is 1. The van der Waals surface area contributed by atoms with E-state index in [1.165, 1.54) is 4.88 Å². The largest absolute Gasteiger partial charge is 0.315 e. The van der Waals surface area contributed by atoms with E-state index >= 15 is 0 Å². The van der Waals surface area contributed by atoms with Crippen LogP contribution in [0.5, 0.6) is 0 Å². The first-order valence-corrected chi connectivity index (χ1v) is 7.48. The first-order valence-electron chi connectivity index (χ1n) is 6.66. The number of thiophene rings is 1. The van der Waals surface area contributed by atoms with E-state index in [1.54, 1.807) is 22.2 Å². The summed E-state index contributed by atoms with van der Waals surface area (Å²) < 4.78 is 1.70. The molecule has 0 aromatic carbocycles. The zero-order valence-corrected chi connectivity index (χ0v) is 12.8. The van der Waals surface area contributed by atoms with Crippen LogP contribution in [0.25, 0.3) is 10.2 Å². The van der Waals surface area contributed by atoms with Gasteiger partial charge in [0.25, 0.3) is 5.56 Å². The van der Waals surface area contributed by atoms with Crippen molar-refractivity contribution in [1.29, 1.82) is 0 Å². The quantitative estimate of drug-likeness (QED) is 0.854. The molecule has 5 heteroatoms. The standard InChI is InChI=1S/C14H21N3OS/c1-9(2)7-15-5-6-17-8-16-13-12(14(17)18)10(3)11(4)19-13/h8-9,15H,5-7H2,1-4H3. The Hall–Kier alpha value is -1.20. The molecule has 4 nitrogen and oxygen atoms in total. The number of hydrogen-bond acceptors (Lipinski definition) is 4. The van der Waals surface area contributed by atoms with Crippen LogP contribution in [0.2, 0.25) is 0 Å². The molecule has 0 saturated heterocycles. The first-order chi connectivity index (χ1) is 9.00. The van der Waals surface area contributed by atoms with E-state index in [2.05, 4.69) is 24.1 Å². The van der Waals surface area contributed by atoms with Crippen LogP contribution in [0.3, 0.4) is 0 Å². The summed E-state index contributed by atoms with van der Waals surface area (Å²) in [6.45, 7) is 10.8. The zero-order chi connectivity index (χ0) is 14.0. The Balaban J connectivity index is 2.18. The Morgan fingerprint density at radius 3 is 2.84 bits per heavy atom. The number of hydrogen-bond donors (Lipinski definition) is 1. The fourth-order valence-corrected chi connectivity index (χ4v) is 3.01. The highest BCUT2D eigenvalue weighted by atomic mass is 32.1. The van der Waals surface area contributed by atoms with Crippen molar-refractivity contribution in [3.8, 4) is 0 Å². The highest BCUT2D eigenvalue weighted by Crippen LogP contribution is 2.25. The van der Waals surface area contributed by atoms with Crippen LogP contribution in [-0.4, -0.2) is 22.6 Å². The van der Waals surface area contributed by atoms with Crippen LogP contribution in [0.15, 0.2) is 11.1 Å². The predicted molar refractivity (Wildman–Crippen MR) is 81.1 cm³/mol. The van der Waals surface area contributed by atoms with Crippen molar-refractivity contribution >= 4 is 21.6 Å². The highest BCUT2D eigenvalue weighted by molar-refractivity contribution is 7.18. The molecule has 1 N–H and O–H groups in total. The van der Waals surface area contributed by atoms with Gasteiger partial charge in [-0.05, 0) is 31.9 Å². The Kier molecular flexibility index (Phi) is 4.37. The summed E-state index contributed by atoms with van der Waals surface area (Å²) in [6.07, 6.45) is 1.66. The molecule has 0 saturated carbocycles. The molecule has 2 aromatic rings. The lowest BCUT2D eigenvalue weighted by Crippen LogP contribution is -2.29. The molecule has 0 aliphatic rings. The third-order valence-corrected chi connectivity index (χ3v) is 4.35. The molecule has 19 heavy (non-hydrogen) atoms. The number of nitrogens with zero attached hydrogens (tertiary/aromatic N) is 2. The van der Waals surface area contributed by atoms with Crippen LogP contribution >= 0.6 is 11.3 Å². The third-order valence-electron chi connectivity index (χ3n) is 3.24. The maximum Gasteiger partial charge on any atom is 0.262 e. The normalized spacial score (nSPS) is 11.6. The minimum Gasteiger partial charge on any atom is -0.315 e. The maximum atomic E-state index is 12.4. The number of rotatable bonds is 5. The summed E-state index contributed by atoms with van der Waals surface area (Å²) in [7, 11) is 0. The third kappa shape index (κ3) is 3.04. The van der Waals surface area contributed by atoms with E-state index in [9.17, 15) is 4.79 Å². The fraction of sp³-hybridized carbons (Fsp3) is 0.571. The Morgan fingerprint density at radius 1 is 1.42 bits per heavy atom. The van der Waals surface area contributed by atoms with Gasteiger partial charge in [-0.1, -0.05) is 13.8 Å². The Morgan fingerprint density at radius 2 is 2.16 bits per heavy atom. The molecule has 0 atom stereocenters. The molecule has 2 rings (SSSR count). The smallest absolute Gasteiger partial charge is 0.262 e. The lowest BCUT2D eigenvalue weighted by atomic mass is 10.2. The zero-order valence-electron chi connectivity index (χ0n) is 12.0. The first kappa shape index (κ1) is 14.2. The average Bonchev–Trinajstić information content (AvgIpc) is 2.64. The summed E-state index contributed by atoms with van der Waals surface area (Å²) in [5.74, 6) is 0.624. The molecule has 2 aromatic heterocycles. The van der Waals surface area contributed by atoms with Gasteiger partial charge in [0.15, 0.2) is 0 Å². The van der Waals surface area contributed by atoms with Crippen molar-refractivity contribution in [1.82, 2.24) is 14.9 Å². The maximum absolute atomic E-state index is 12.4. The second kappa shape index (κ2) is 5.84. The van der Waals surface area contributed by atoms with Crippen molar-refractivity contribution in [2.75, 3.05) is 13.1 Å². The van der Waals surface area contributed by atoms with Crippen LogP contribution in [0.1, 0.15) is 24.3 Å².